The van der Waals surface area contributed by atoms with E-state index in [2.05, 4.69) is 41.2 Å². The van der Waals surface area contributed by atoms with Crippen LogP contribution in [0.25, 0.3) is 0 Å². The van der Waals surface area contributed by atoms with E-state index in [1.165, 1.54) is 5.56 Å². The van der Waals surface area contributed by atoms with Crippen LogP contribution in [0.1, 0.15) is 25.3 Å². The van der Waals surface area contributed by atoms with Crippen molar-refractivity contribution >= 4 is 22.8 Å². The van der Waals surface area contributed by atoms with Crippen molar-refractivity contribution in [1.29, 1.82) is 0 Å². The van der Waals surface area contributed by atoms with Gasteiger partial charge < -0.3 is 0 Å². The maximum Gasteiger partial charge on any atom is 0.0816 e. The minimum absolute atomic E-state index is 0.808. The summed E-state index contributed by atoms with van der Waals surface area (Å²) in [6.45, 7) is 2.11. The Hall–Kier alpha value is -3.14. The van der Waals surface area contributed by atoms with Gasteiger partial charge in [-0.1, -0.05) is 37.3 Å². The third-order valence-corrected chi connectivity index (χ3v) is 3.98. The molecule has 0 aliphatic heterocycles. The summed E-state index contributed by atoms with van der Waals surface area (Å²) in [6.07, 6.45) is 9.62. The summed E-state index contributed by atoms with van der Waals surface area (Å²) in [7, 11) is 0. The summed E-state index contributed by atoms with van der Waals surface area (Å²) in [5.41, 5.74) is 4.97. The third kappa shape index (κ3) is 5.18. The standard InChI is InChI=1S/C22H22N4/c1-2-21(25-19-10-6-14-23-16-19)22(26-20-11-7-15-24-17-20)13-12-18-8-4-3-5-9-18/h3-11,14-17H,2,12-13H2,1H3. The quantitative estimate of drug-likeness (QED) is 0.542. The van der Waals surface area contributed by atoms with Crippen LogP contribution in [0.2, 0.25) is 0 Å². The van der Waals surface area contributed by atoms with Gasteiger partial charge in [-0.15, -0.1) is 0 Å². The topological polar surface area (TPSA) is 50.5 Å². The molecule has 2 aromatic heterocycles. The molecule has 0 radical (unpaired) electrons. The highest BCUT2D eigenvalue weighted by atomic mass is 14.8. The molecule has 0 fully saturated rings. The van der Waals surface area contributed by atoms with Gasteiger partial charge in [0.1, 0.15) is 0 Å². The van der Waals surface area contributed by atoms with Crippen LogP contribution in [0.5, 0.6) is 0 Å². The molecule has 0 amide bonds. The average Bonchev–Trinajstić information content (AvgIpc) is 2.72. The van der Waals surface area contributed by atoms with Crippen LogP contribution in [0.3, 0.4) is 0 Å². The van der Waals surface area contributed by atoms with Crippen molar-refractivity contribution in [2.24, 2.45) is 9.98 Å². The first-order chi connectivity index (χ1) is 12.8. The molecule has 4 heteroatoms. The lowest BCUT2D eigenvalue weighted by Gasteiger charge is -2.10. The van der Waals surface area contributed by atoms with E-state index in [1.54, 1.807) is 24.8 Å². The highest BCUT2D eigenvalue weighted by Crippen LogP contribution is 2.16. The molecular formula is C22H22N4. The van der Waals surface area contributed by atoms with E-state index in [1.807, 2.05) is 30.3 Å². The predicted octanol–water partition coefficient (Wildman–Crippen LogP) is 5.36. The Morgan fingerprint density at radius 1 is 0.769 bits per heavy atom. The molecule has 0 spiro atoms. The lowest BCUT2D eigenvalue weighted by atomic mass is 10.0. The Bertz CT molecular complexity index is 856. The molecule has 0 saturated carbocycles. The second kappa shape index (κ2) is 9.37. The van der Waals surface area contributed by atoms with Gasteiger partial charge in [0.25, 0.3) is 0 Å². The van der Waals surface area contributed by atoms with Crippen LogP contribution in [0.15, 0.2) is 89.4 Å². The molecule has 0 aliphatic carbocycles. The van der Waals surface area contributed by atoms with Crippen LogP contribution in [0, 0.1) is 0 Å². The molecule has 130 valence electrons. The zero-order valence-electron chi connectivity index (χ0n) is 14.9. The molecule has 0 N–H and O–H groups in total. The Morgan fingerprint density at radius 3 is 1.92 bits per heavy atom. The van der Waals surface area contributed by atoms with Crippen molar-refractivity contribution in [2.75, 3.05) is 0 Å². The van der Waals surface area contributed by atoms with Gasteiger partial charge in [-0.2, -0.15) is 0 Å². The Balaban J connectivity index is 1.90. The number of pyridine rings is 2. The van der Waals surface area contributed by atoms with Crippen molar-refractivity contribution in [2.45, 2.75) is 26.2 Å². The van der Waals surface area contributed by atoms with Gasteiger partial charge in [-0.25, -0.2) is 9.98 Å². The summed E-state index contributed by atoms with van der Waals surface area (Å²) in [6, 6.07) is 18.2. The second-order valence-corrected chi connectivity index (χ2v) is 5.88. The number of nitrogens with zero attached hydrogens (tertiary/aromatic N) is 4. The van der Waals surface area contributed by atoms with Crippen molar-refractivity contribution < 1.29 is 0 Å². The van der Waals surface area contributed by atoms with E-state index in [0.29, 0.717) is 0 Å². The largest absolute Gasteiger partial charge is 0.262 e. The van der Waals surface area contributed by atoms with Gasteiger partial charge in [0, 0.05) is 12.4 Å². The fourth-order valence-electron chi connectivity index (χ4n) is 2.67. The molecule has 0 aliphatic rings. The number of hydrogen-bond donors (Lipinski definition) is 0. The first kappa shape index (κ1) is 17.7. The zero-order chi connectivity index (χ0) is 18.0. The zero-order valence-corrected chi connectivity index (χ0v) is 14.9. The van der Waals surface area contributed by atoms with E-state index in [0.717, 1.165) is 42.1 Å². The maximum atomic E-state index is 4.84. The van der Waals surface area contributed by atoms with Gasteiger partial charge in [0.2, 0.25) is 0 Å². The van der Waals surface area contributed by atoms with Crippen LogP contribution in [-0.2, 0) is 6.42 Å². The summed E-state index contributed by atoms with van der Waals surface area (Å²) in [5.74, 6) is 0. The molecule has 2 heterocycles. The van der Waals surface area contributed by atoms with Gasteiger partial charge in [-0.05, 0) is 49.1 Å². The first-order valence-corrected chi connectivity index (χ1v) is 8.84. The van der Waals surface area contributed by atoms with Crippen LogP contribution >= 0.6 is 0 Å². The minimum atomic E-state index is 0.808. The molecule has 0 unspecified atom stereocenters. The molecule has 3 aromatic rings. The van der Waals surface area contributed by atoms with Crippen LogP contribution in [-0.4, -0.2) is 21.4 Å². The summed E-state index contributed by atoms with van der Waals surface area (Å²) >= 11 is 0. The Labute approximate surface area is 154 Å². The normalized spacial score (nSPS) is 12.2. The van der Waals surface area contributed by atoms with Gasteiger partial charge in [0.15, 0.2) is 0 Å². The number of aryl methyl sites for hydroxylation is 1. The highest BCUT2D eigenvalue weighted by Gasteiger charge is 2.09. The minimum Gasteiger partial charge on any atom is -0.262 e. The van der Waals surface area contributed by atoms with Crippen LogP contribution < -0.4 is 0 Å². The molecule has 0 atom stereocenters. The Morgan fingerprint density at radius 2 is 1.38 bits per heavy atom. The molecule has 1 aromatic carbocycles. The second-order valence-electron chi connectivity index (χ2n) is 5.88. The lowest BCUT2D eigenvalue weighted by Crippen LogP contribution is -2.14. The van der Waals surface area contributed by atoms with E-state index in [4.69, 9.17) is 9.98 Å². The van der Waals surface area contributed by atoms with E-state index < -0.39 is 0 Å². The highest BCUT2D eigenvalue weighted by molar-refractivity contribution is 6.43. The average molecular weight is 342 g/mol. The lowest BCUT2D eigenvalue weighted by molar-refractivity contribution is 1.04. The van der Waals surface area contributed by atoms with E-state index >= 15 is 0 Å². The molecule has 0 bridgehead atoms. The summed E-state index contributed by atoms with van der Waals surface area (Å²) in [5, 5.41) is 0. The predicted molar refractivity (Wildman–Crippen MR) is 108 cm³/mol. The monoisotopic (exact) mass is 342 g/mol. The molecule has 4 nitrogen and oxygen atoms in total. The smallest absolute Gasteiger partial charge is 0.0816 e. The Kier molecular flexibility index (Phi) is 6.37. The van der Waals surface area contributed by atoms with Crippen molar-refractivity contribution in [1.82, 2.24) is 9.97 Å². The van der Waals surface area contributed by atoms with Gasteiger partial charge >= 0.3 is 0 Å². The van der Waals surface area contributed by atoms with E-state index in [9.17, 15) is 0 Å². The molecular weight excluding hydrogens is 320 g/mol. The number of benzene rings is 1. The fourth-order valence-corrected chi connectivity index (χ4v) is 2.67. The summed E-state index contributed by atoms with van der Waals surface area (Å²) < 4.78 is 0. The number of hydrogen-bond acceptors (Lipinski definition) is 4. The molecule has 0 saturated heterocycles. The SMILES string of the molecule is CCC(=Nc1cccnc1)C(CCc1ccccc1)=Nc1cccnc1. The fraction of sp³-hybridized carbons (Fsp3) is 0.182. The number of rotatable bonds is 7. The van der Waals surface area contributed by atoms with Gasteiger partial charge in [0.05, 0.1) is 35.2 Å². The summed E-state index contributed by atoms with van der Waals surface area (Å²) in [4.78, 5) is 18.0. The number of aliphatic imine (C=N–C) groups is 2. The third-order valence-electron chi connectivity index (χ3n) is 3.98. The molecule has 26 heavy (non-hydrogen) atoms. The number of aromatic nitrogens is 2. The van der Waals surface area contributed by atoms with Crippen LogP contribution in [0.4, 0.5) is 11.4 Å². The van der Waals surface area contributed by atoms with Crippen molar-refractivity contribution in [3.05, 3.63) is 84.9 Å². The van der Waals surface area contributed by atoms with Crippen molar-refractivity contribution in [3.8, 4) is 0 Å². The first-order valence-electron chi connectivity index (χ1n) is 8.84. The maximum absolute atomic E-state index is 4.84. The van der Waals surface area contributed by atoms with E-state index in [-0.39, 0.29) is 0 Å². The molecule has 3 rings (SSSR count). The van der Waals surface area contributed by atoms with Crippen molar-refractivity contribution in [3.63, 3.8) is 0 Å². The van der Waals surface area contributed by atoms with Gasteiger partial charge in [-0.3, -0.25) is 9.97 Å².